The quantitative estimate of drug-likeness (QED) is 0.0202. The molecule has 0 aromatic heterocycles. The lowest BCUT2D eigenvalue weighted by molar-refractivity contribution is -0.366. The van der Waals surface area contributed by atoms with Crippen molar-refractivity contribution in [2.45, 2.75) is 421 Å². The van der Waals surface area contributed by atoms with Crippen LogP contribution in [0.15, 0.2) is 0 Å². The maximum absolute atomic E-state index is 13.9. The predicted molar refractivity (Wildman–Crippen MR) is 389 cm³/mol. The zero-order chi connectivity index (χ0) is 76.2. The number of amides is 1. The fraction of sp³-hybridized carbons (Fsp3) is 0.962. The molecule has 26 heteroatoms. The SMILES string of the molecule is CC(C)CCCCCCCCCCCCCC(=O)N[C@H]1[C@H](O[C@H]2[C@@H](OCC(COC(=O)CCCCCCCCCCCCCC(C)C)OC(=O)CCCCCCCCCCCCCC(C)C)O[C@H](CO)[C@@H](O)[C@@H]2O)O[C@H](CO[C@H]2O[C@H](CO)[C@H](O)[C@H](O)[C@H]2O[C@@H]2O[C@@H]([C@@H](O)CO)[C@H](O)[C@H]2O)[C@@H](O)[C@@H]1O. The number of carbonyl (C=O) groups is 3. The van der Waals surface area contributed by atoms with Gasteiger partial charge in [-0.05, 0) is 37.0 Å². The normalized spacial score (nSPS) is 29.5. The van der Waals surface area contributed by atoms with Crippen LogP contribution in [0.3, 0.4) is 0 Å². The molecule has 4 saturated heterocycles. The summed E-state index contributed by atoms with van der Waals surface area (Å²) in [5, 5.41) is 134. The molecule has 0 aliphatic carbocycles. The smallest absolute Gasteiger partial charge is 0.306 e. The van der Waals surface area contributed by atoms with E-state index in [0.29, 0.717) is 19.3 Å². The minimum Gasteiger partial charge on any atom is -0.462 e. The average molecular weight is 1500 g/mol. The number of esters is 2. The van der Waals surface area contributed by atoms with Crippen LogP contribution in [0.4, 0.5) is 0 Å². The summed E-state index contributed by atoms with van der Waals surface area (Å²) in [6.07, 6.45) is 4.19. The van der Waals surface area contributed by atoms with Gasteiger partial charge < -0.3 is 114 Å². The second-order valence-corrected chi connectivity index (χ2v) is 31.4. The van der Waals surface area contributed by atoms with Crippen LogP contribution in [0.1, 0.15) is 292 Å². The zero-order valence-corrected chi connectivity index (χ0v) is 64.4. The number of ether oxygens (including phenoxy) is 10. The number of rotatable bonds is 60. The van der Waals surface area contributed by atoms with Crippen molar-refractivity contribution in [3.8, 4) is 0 Å². The highest BCUT2D eigenvalue weighted by molar-refractivity contribution is 5.76. The molecule has 104 heavy (non-hydrogen) atoms. The van der Waals surface area contributed by atoms with E-state index in [0.717, 1.165) is 101 Å². The second-order valence-electron chi connectivity index (χ2n) is 31.4. The highest BCUT2D eigenvalue weighted by atomic mass is 16.8. The van der Waals surface area contributed by atoms with E-state index in [1.807, 2.05) is 0 Å². The van der Waals surface area contributed by atoms with E-state index in [9.17, 15) is 75.7 Å². The van der Waals surface area contributed by atoms with Crippen LogP contribution in [0.5, 0.6) is 0 Å². The van der Waals surface area contributed by atoms with Gasteiger partial charge >= 0.3 is 11.9 Å². The van der Waals surface area contributed by atoms with Crippen LogP contribution in [0.2, 0.25) is 0 Å². The van der Waals surface area contributed by atoms with Gasteiger partial charge in [0.2, 0.25) is 5.91 Å². The Morgan fingerprint density at radius 3 is 1.15 bits per heavy atom. The van der Waals surface area contributed by atoms with E-state index in [1.54, 1.807) is 0 Å². The van der Waals surface area contributed by atoms with Crippen LogP contribution in [-0.4, -0.2) is 248 Å². The molecule has 21 atom stereocenters. The molecule has 4 heterocycles. The number of unbranched alkanes of at least 4 members (excludes halogenated alkanes) is 30. The molecule has 612 valence electrons. The van der Waals surface area contributed by atoms with Crippen molar-refractivity contribution in [3.05, 3.63) is 0 Å². The molecule has 13 N–H and O–H groups in total. The first-order valence-corrected chi connectivity index (χ1v) is 40.8. The first-order valence-electron chi connectivity index (χ1n) is 40.8. The van der Waals surface area contributed by atoms with E-state index < -0.39 is 186 Å². The van der Waals surface area contributed by atoms with Crippen molar-refractivity contribution in [1.29, 1.82) is 0 Å². The van der Waals surface area contributed by atoms with Crippen LogP contribution < -0.4 is 5.32 Å². The van der Waals surface area contributed by atoms with Gasteiger partial charge in [0.05, 0.1) is 33.0 Å². The Hall–Kier alpha value is -2.39. The van der Waals surface area contributed by atoms with Gasteiger partial charge in [-0.3, -0.25) is 14.4 Å². The topological polar surface area (TPSA) is 398 Å². The van der Waals surface area contributed by atoms with E-state index in [-0.39, 0.29) is 19.3 Å². The molecule has 0 aromatic carbocycles. The Morgan fingerprint density at radius 2 is 0.740 bits per heavy atom. The van der Waals surface area contributed by atoms with Gasteiger partial charge in [0, 0.05) is 19.3 Å². The van der Waals surface area contributed by atoms with E-state index in [1.165, 1.54) is 128 Å². The highest BCUT2D eigenvalue weighted by Gasteiger charge is 2.55. The minimum atomic E-state index is -1.97. The molecule has 26 nitrogen and oxygen atoms in total. The molecular formula is C78H145NO25. The van der Waals surface area contributed by atoms with E-state index in [2.05, 4.69) is 46.9 Å². The molecular weight excluding hydrogens is 1350 g/mol. The third kappa shape index (κ3) is 36.6. The summed E-state index contributed by atoms with van der Waals surface area (Å²) in [7, 11) is 0. The average Bonchev–Trinajstić information content (AvgIpc) is 1.31. The Bertz CT molecular complexity index is 2170. The van der Waals surface area contributed by atoms with Gasteiger partial charge in [0.25, 0.3) is 0 Å². The summed E-state index contributed by atoms with van der Waals surface area (Å²) >= 11 is 0. The summed E-state index contributed by atoms with van der Waals surface area (Å²) in [5.74, 6) is 0.545. The van der Waals surface area contributed by atoms with Crippen molar-refractivity contribution in [2.75, 3.05) is 39.6 Å². The standard InChI is InChI=1S/C78H145NO25/c1-52(2)40-34-28-22-16-10-7-13-19-25-31-37-43-60(84)79-63-67(90)66(89)59(51-97-78-74(69(92)65(88)58(48-82)100-78)104-76-71(94)70(93)72(102-76)56(83)46-80)101-75(63)103-73-68(91)64(87)57(47-81)99-77(73)96-50-55(98-62(86)45-39-33-27-21-15-9-12-18-24-30-36-42-54(5)6)49-95-61(85)44-38-32-26-20-14-8-11-17-23-29-35-41-53(3)4/h52-59,63-78,80-83,87-94H,7-51H2,1-6H3,(H,79,84)/t55?,56-,57+,58+,59+,63+,64+,65-,66+,67+,68-,69-,70+,71+,72-,73+,74+,75-,76-,77-,78-/m0/s1. The van der Waals surface area contributed by atoms with Crippen molar-refractivity contribution in [1.82, 2.24) is 5.32 Å². The Balaban J connectivity index is 1.50. The Morgan fingerprint density at radius 1 is 0.375 bits per heavy atom. The highest BCUT2D eigenvalue weighted by Crippen LogP contribution is 2.35. The van der Waals surface area contributed by atoms with E-state index in [4.69, 9.17) is 47.4 Å². The summed E-state index contributed by atoms with van der Waals surface area (Å²) in [6, 6.07) is -1.63. The monoisotopic (exact) mass is 1500 g/mol. The lowest BCUT2D eigenvalue weighted by Crippen LogP contribution is -2.68. The van der Waals surface area contributed by atoms with Crippen molar-refractivity contribution >= 4 is 17.8 Å². The molecule has 0 spiro atoms. The lowest BCUT2D eigenvalue weighted by atomic mass is 9.95. The Kier molecular flexibility index (Phi) is 49.8. The van der Waals surface area contributed by atoms with Gasteiger partial charge in [-0.1, -0.05) is 253 Å². The van der Waals surface area contributed by atoms with Crippen LogP contribution in [-0.2, 0) is 61.8 Å². The molecule has 0 saturated carbocycles. The first-order chi connectivity index (χ1) is 50.0. The van der Waals surface area contributed by atoms with Crippen molar-refractivity contribution in [2.24, 2.45) is 17.8 Å². The molecule has 4 rings (SSSR count). The maximum atomic E-state index is 13.9. The Labute approximate surface area is 622 Å². The van der Waals surface area contributed by atoms with Gasteiger partial charge in [-0.25, -0.2) is 0 Å². The molecule has 0 bridgehead atoms. The molecule has 0 radical (unpaired) electrons. The molecule has 4 aliphatic rings. The number of nitrogens with one attached hydrogen (secondary N) is 1. The third-order valence-electron chi connectivity index (χ3n) is 20.7. The van der Waals surface area contributed by atoms with Gasteiger partial charge in [-0.2, -0.15) is 0 Å². The fourth-order valence-corrected chi connectivity index (χ4v) is 14.0. The number of carbonyl (C=O) groups excluding carboxylic acids is 3. The second kappa shape index (κ2) is 55.1. The number of hydrogen-bond acceptors (Lipinski definition) is 25. The van der Waals surface area contributed by atoms with Crippen molar-refractivity contribution < 1.29 is 123 Å². The molecule has 1 unspecified atom stereocenters. The molecule has 0 aromatic rings. The van der Waals surface area contributed by atoms with Gasteiger partial charge in [-0.15, -0.1) is 0 Å². The van der Waals surface area contributed by atoms with Gasteiger partial charge in [0.15, 0.2) is 31.3 Å². The van der Waals surface area contributed by atoms with Crippen LogP contribution in [0.25, 0.3) is 0 Å². The molecule has 4 fully saturated rings. The largest absolute Gasteiger partial charge is 0.462 e. The summed E-state index contributed by atoms with van der Waals surface area (Å²) in [4.78, 5) is 40.8. The zero-order valence-electron chi connectivity index (χ0n) is 64.4. The number of hydrogen-bond donors (Lipinski definition) is 13. The minimum absolute atomic E-state index is 0.00780. The summed E-state index contributed by atoms with van der Waals surface area (Å²) in [6.45, 7) is 9.22. The van der Waals surface area contributed by atoms with Crippen LogP contribution in [0, 0.1) is 17.8 Å². The van der Waals surface area contributed by atoms with Crippen molar-refractivity contribution in [3.63, 3.8) is 0 Å². The predicted octanol–water partition coefficient (Wildman–Crippen LogP) is 8.04. The summed E-state index contributed by atoms with van der Waals surface area (Å²) < 4.78 is 59.8. The third-order valence-corrected chi connectivity index (χ3v) is 20.7. The fourth-order valence-electron chi connectivity index (χ4n) is 14.0. The van der Waals surface area contributed by atoms with Crippen LogP contribution >= 0.6 is 0 Å². The first kappa shape index (κ1) is 94.0. The van der Waals surface area contributed by atoms with E-state index >= 15 is 0 Å². The summed E-state index contributed by atoms with van der Waals surface area (Å²) in [5.41, 5.74) is 0. The lowest BCUT2D eigenvalue weighted by Gasteiger charge is -2.48. The number of aliphatic hydroxyl groups is 12. The molecule has 1 amide bonds. The molecule has 4 aliphatic heterocycles. The number of aliphatic hydroxyl groups excluding tert-OH is 12. The maximum Gasteiger partial charge on any atom is 0.306 e. The van der Waals surface area contributed by atoms with Gasteiger partial charge in [0.1, 0.15) is 104 Å².